The minimum atomic E-state index is -4.88. The zero-order chi connectivity index (χ0) is 32.8. The number of halogens is 5. The molecule has 2 aromatic heterocycles. The first kappa shape index (κ1) is 31.5. The van der Waals surface area contributed by atoms with Crippen LogP contribution in [0.4, 0.5) is 29.3 Å². The van der Waals surface area contributed by atoms with Crippen molar-refractivity contribution in [1.82, 2.24) is 25.1 Å². The van der Waals surface area contributed by atoms with Crippen molar-refractivity contribution in [3.63, 3.8) is 0 Å². The van der Waals surface area contributed by atoms with E-state index >= 15 is 0 Å². The summed E-state index contributed by atoms with van der Waals surface area (Å²) in [6, 6.07) is 10.7. The molecular weight excluding hydrogens is 630 g/mol. The zero-order valence-electron chi connectivity index (χ0n) is 24.6. The number of nitrogen functional groups attached to an aromatic ring is 1. The summed E-state index contributed by atoms with van der Waals surface area (Å²) < 4.78 is 65.1. The number of aryl methyl sites for hydroxylation is 1. The molecular formula is C31H30ClF4N7O3. The van der Waals surface area contributed by atoms with Gasteiger partial charge in [-0.2, -0.15) is 28.2 Å². The number of nitrogens with one attached hydrogen (secondary N) is 1. The highest BCUT2D eigenvalue weighted by Gasteiger charge is 2.46. The van der Waals surface area contributed by atoms with Gasteiger partial charge in [0.25, 0.3) is 0 Å². The number of nitrogens with zero attached hydrogens (tertiary/aromatic N) is 5. The molecule has 4 N–H and O–H groups in total. The molecule has 4 heterocycles. The summed E-state index contributed by atoms with van der Waals surface area (Å²) in [6.45, 7) is 3.30. The smallest absolute Gasteiger partial charge is 0.429 e. The van der Waals surface area contributed by atoms with Crippen LogP contribution < -0.4 is 20.7 Å². The zero-order valence-corrected chi connectivity index (χ0v) is 25.3. The molecule has 2 atom stereocenters. The number of benzene rings is 2. The van der Waals surface area contributed by atoms with Crippen LogP contribution in [0.15, 0.2) is 54.7 Å². The Morgan fingerprint density at radius 3 is 2.48 bits per heavy atom. The Kier molecular flexibility index (Phi) is 8.27. The predicted molar refractivity (Wildman–Crippen MR) is 162 cm³/mol. The van der Waals surface area contributed by atoms with Crippen molar-refractivity contribution >= 4 is 29.3 Å². The minimum Gasteiger partial charge on any atom is -0.480 e. The van der Waals surface area contributed by atoms with Crippen LogP contribution in [0.25, 0.3) is 16.8 Å². The Labute approximate surface area is 266 Å². The van der Waals surface area contributed by atoms with Crippen LogP contribution in [0.2, 0.25) is 5.02 Å². The Morgan fingerprint density at radius 1 is 1.13 bits per heavy atom. The lowest BCUT2D eigenvalue weighted by Gasteiger charge is -2.39. The van der Waals surface area contributed by atoms with E-state index in [0.717, 1.165) is 0 Å². The lowest BCUT2D eigenvalue weighted by molar-refractivity contribution is -0.198. The predicted octanol–water partition coefficient (Wildman–Crippen LogP) is 5.73. The third kappa shape index (κ3) is 6.44. The number of rotatable bonds is 7. The van der Waals surface area contributed by atoms with E-state index in [2.05, 4.69) is 20.4 Å². The summed E-state index contributed by atoms with van der Waals surface area (Å²) in [5.41, 5.74) is 7.18. The van der Waals surface area contributed by atoms with Crippen molar-refractivity contribution in [3.8, 4) is 22.7 Å². The second-order valence-corrected chi connectivity index (χ2v) is 12.1. The molecule has 2 aliphatic heterocycles. The summed E-state index contributed by atoms with van der Waals surface area (Å²) in [5.74, 6) is -1.82. The average Bonchev–Trinajstić information content (AvgIpc) is 3.63. The highest BCUT2D eigenvalue weighted by atomic mass is 35.5. The van der Waals surface area contributed by atoms with Crippen molar-refractivity contribution in [1.29, 1.82) is 0 Å². The van der Waals surface area contributed by atoms with E-state index in [1.165, 1.54) is 53.3 Å². The molecule has 4 aromatic rings. The molecule has 0 amide bonds. The van der Waals surface area contributed by atoms with E-state index < -0.39 is 30.1 Å². The molecule has 242 valence electrons. The standard InChI is InChI=1S/C31H30ClF4N7O3/c1-17-6-9-43(41-17)24-13-19(18-3-5-22(33)21(32)12-18)2-4-20(24)27(31(34,35)36)46-26-14-25(39-29(37)40-26)42-10-7-30(8-11-42)15-23(28(44)45)38-16-30/h2-6,9,12-14,23,27,38H,7-8,10-11,15-16H2,1H3,(H,44,45)(H2,37,39,40)/t23-,27+/m0/s1. The quantitative estimate of drug-likeness (QED) is 0.213. The van der Waals surface area contributed by atoms with Crippen LogP contribution in [-0.4, -0.2) is 62.7 Å². The van der Waals surface area contributed by atoms with E-state index in [1.807, 2.05) is 4.90 Å². The molecule has 2 fully saturated rings. The van der Waals surface area contributed by atoms with Crippen LogP contribution >= 0.6 is 11.6 Å². The summed E-state index contributed by atoms with van der Waals surface area (Å²) in [7, 11) is 0. The lowest BCUT2D eigenvalue weighted by atomic mass is 9.76. The number of piperidine rings is 1. The first-order valence-corrected chi connectivity index (χ1v) is 14.9. The van der Waals surface area contributed by atoms with Gasteiger partial charge in [0.2, 0.25) is 17.9 Å². The number of aliphatic carboxylic acids is 1. The van der Waals surface area contributed by atoms with Gasteiger partial charge in [0.05, 0.1) is 16.4 Å². The number of carbonyl (C=O) groups is 1. The topological polar surface area (TPSA) is 131 Å². The Hall–Kier alpha value is -4.43. The highest BCUT2D eigenvalue weighted by Crippen LogP contribution is 2.43. The van der Waals surface area contributed by atoms with Gasteiger partial charge in [-0.05, 0) is 67.0 Å². The fourth-order valence-corrected chi connectivity index (χ4v) is 6.31. The van der Waals surface area contributed by atoms with Gasteiger partial charge in [-0.15, -0.1) is 0 Å². The van der Waals surface area contributed by atoms with Crippen molar-refractivity contribution in [2.75, 3.05) is 30.3 Å². The molecule has 2 saturated heterocycles. The van der Waals surface area contributed by atoms with E-state index in [9.17, 15) is 27.5 Å². The van der Waals surface area contributed by atoms with Crippen LogP contribution in [0.1, 0.15) is 36.6 Å². The number of carboxylic acids is 1. The van der Waals surface area contributed by atoms with Crippen molar-refractivity contribution < 1.29 is 32.2 Å². The van der Waals surface area contributed by atoms with Gasteiger partial charge in [-0.3, -0.25) is 4.79 Å². The maximum atomic E-state index is 14.8. The maximum absolute atomic E-state index is 14.8. The highest BCUT2D eigenvalue weighted by molar-refractivity contribution is 6.31. The summed E-state index contributed by atoms with van der Waals surface area (Å²) >= 11 is 5.97. The van der Waals surface area contributed by atoms with Gasteiger partial charge in [0.15, 0.2) is 0 Å². The average molecular weight is 660 g/mol. The van der Waals surface area contributed by atoms with E-state index in [1.54, 1.807) is 13.0 Å². The van der Waals surface area contributed by atoms with E-state index in [-0.39, 0.29) is 33.5 Å². The number of hydrogen-bond acceptors (Lipinski definition) is 8. The molecule has 0 aliphatic carbocycles. The molecule has 0 unspecified atom stereocenters. The molecule has 0 radical (unpaired) electrons. The van der Waals surface area contributed by atoms with Crippen LogP contribution in [0, 0.1) is 18.2 Å². The number of carboxylic acid groups (broad SMARTS) is 1. The summed E-state index contributed by atoms with van der Waals surface area (Å²) in [4.78, 5) is 21.5. The lowest BCUT2D eigenvalue weighted by Crippen LogP contribution is -2.41. The van der Waals surface area contributed by atoms with E-state index in [0.29, 0.717) is 61.5 Å². The van der Waals surface area contributed by atoms with Gasteiger partial charge in [0.1, 0.15) is 17.7 Å². The van der Waals surface area contributed by atoms with Crippen molar-refractivity contribution in [2.24, 2.45) is 5.41 Å². The molecule has 46 heavy (non-hydrogen) atoms. The van der Waals surface area contributed by atoms with Crippen LogP contribution in [0.5, 0.6) is 5.88 Å². The number of alkyl halides is 3. The second-order valence-electron chi connectivity index (χ2n) is 11.7. The second kappa shape index (κ2) is 12.1. The number of ether oxygens (including phenoxy) is 1. The monoisotopic (exact) mass is 659 g/mol. The van der Waals surface area contributed by atoms with Gasteiger partial charge < -0.3 is 25.8 Å². The molecule has 10 nitrogen and oxygen atoms in total. The number of nitrogens with two attached hydrogens (primary N) is 1. The summed E-state index contributed by atoms with van der Waals surface area (Å²) in [5, 5.41) is 16.6. The Balaban J connectivity index is 1.31. The Morgan fingerprint density at radius 2 is 1.85 bits per heavy atom. The largest absolute Gasteiger partial charge is 0.480 e. The maximum Gasteiger partial charge on any atom is 0.429 e. The van der Waals surface area contributed by atoms with Crippen molar-refractivity contribution in [3.05, 3.63) is 76.8 Å². The number of anilines is 2. The molecule has 0 bridgehead atoms. The van der Waals surface area contributed by atoms with Crippen LogP contribution in [-0.2, 0) is 4.79 Å². The molecule has 6 rings (SSSR count). The minimum absolute atomic E-state index is 0.0850. The Bertz CT molecular complexity index is 1780. The van der Waals surface area contributed by atoms with E-state index in [4.69, 9.17) is 22.1 Å². The molecule has 2 aromatic carbocycles. The fourth-order valence-electron chi connectivity index (χ4n) is 6.13. The molecule has 2 aliphatic rings. The van der Waals surface area contributed by atoms with Crippen molar-refractivity contribution in [2.45, 2.75) is 44.5 Å². The molecule has 0 saturated carbocycles. The van der Waals surface area contributed by atoms with Gasteiger partial charge in [-0.25, -0.2) is 9.07 Å². The third-order valence-electron chi connectivity index (χ3n) is 8.58. The number of aromatic nitrogens is 4. The fraction of sp³-hybridized carbons (Fsp3) is 0.355. The third-order valence-corrected chi connectivity index (χ3v) is 8.87. The first-order valence-electron chi connectivity index (χ1n) is 14.5. The number of hydrogen-bond donors (Lipinski definition) is 3. The first-order chi connectivity index (χ1) is 21.8. The van der Waals surface area contributed by atoms with Gasteiger partial charge in [0, 0.05) is 37.5 Å². The normalized spacial score (nSPS) is 18.6. The SMILES string of the molecule is Cc1ccn(-c2cc(-c3ccc(F)c(Cl)c3)ccc2[C@@H](Oc2cc(N3CCC4(CC3)CN[C@H](C(=O)O)C4)nc(N)n2)C(F)(F)F)n1. The van der Waals surface area contributed by atoms with Crippen LogP contribution in [0.3, 0.4) is 0 Å². The van der Waals surface area contributed by atoms with Gasteiger partial charge >= 0.3 is 12.1 Å². The molecule has 1 spiro atoms. The van der Waals surface area contributed by atoms with Gasteiger partial charge in [-0.1, -0.05) is 29.8 Å². The molecule has 15 heteroatoms. The summed E-state index contributed by atoms with van der Waals surface area (Å²) in [6.07, 6.45) is -3.96.